The van der Waals surface area contributed by atoms with E-state index in [9.17, 15) is 0 Å². The molecule has 0 unspecified atom stereocenters. The van der Waals surface area contributed by atoms with Crippen LogP contribution in [-0.2, 0) is 26.5 Å². The topological polar surface area (TPSA) is 50.3 Å². The number of aromatic nitrogens is 1. The molecule has 10 rings (SSSR count). The summed E-state index contributed by atoms with van der Waals surface area (Å²) in [4.78, 5) is 11.1. The Balaban J connectivity index is 0.00000397. The van der Waals surface area contributed by atoms with Gasteiger partial charge in [-0.1, -0.05) is 112 Å². The molecule has 272 valence electrons. The first-order valence-corrected chi connectivity index (χ1v) is 18.1. The Morgan fingerprint density at radius 2 is 1.29 bits per heavy atom. The number of rotatable bonds is 6. The molecule has 9 heteroatoms. The summed E-state index contributed by atoms with van der Waals surface area (Å²) in [6, 6.07) is 54.8. The van der Waals surface area contributed by atoms with Crippen molar-refractivity contribution >= 4 is 41.5 Å². The van der Waals surface area contributed by atoms with Gasteiger partial charge < -0.3 is 28.7 Å². The number of ether oxygens (including phenoxy) is 1. The van der Waals surface area contributed by atoms with Crippen LogP contribution in [0.15, 0.2) is 146 Å². The molecular formula is C46H34BN4O3Pt-3. The molecular weight excluding hydrogens is 862 g/mol. The van der Waals surface area contributed by atoms with Gasteiger partial charge >= 0.3 is 7.25 Å². The van der Waals surface area contributed by atoms with Crippen molar-refractivity contribution in [3.8, 4) is 45.3 Å². The maximum absolute atomic E-state index is 6.46. The van der Waals surface area contributed by atoms with Crippen molar-refractivity contribution in [3.05, 3.63) is 170 Å². The molecule has 4 heterocycles. The van der Waals surface area contributed by atoms with Gasteiger partial charge in [-0.15, -0.1) is 48.8 Å². The average molecular weight is 897 g/mol. The average Bonchev–Trinajstić information content (AvgIpc) is 3.88. The molecule has 0 radical (unpaired) electrons. The third-order valence-electron chi connectivity index (χ3n) is 9.99. The van der Waals surface area contributed by atoms with Gasteiger partial charge in [0, 0.05) is 78.3 Å². The fourth-order valence-corrected chi connectivity index (χ4v) is 7.49. The fourth-order valence-electron chi connectivity index (χ4n) is 7.49. The van der Waals surface area contributed by atoms with Crippen molar-refractivity contribution in [3.63, 3.8) is 0 Å². The van der Waals surface area contributed by atoms with Crippen LogP contribution >= 0.6 is 0 Å². The van der Waals surface area contributed by atoms with Gasteiger partial charge in [0.05, 0.1) is 0 Å². The summed E-state index contributed by atoms with van der Waals surface area (Å²) < 4.78 is 18.9. The van der Waals surface area contributed by atoms with Gasteiger partial charge in [-0.2, -0.15) is 6.07 Å². The van der Waals surface area contributed by atoms with Gasteiger partial charge in [0.2, 0.25) is 0 Å². The van der Waals surface area contributed by atoms with Crippen LogP contribution < -0.4 is 28.7 Å². The molecule has 1 aromatic heterocycles. The second-order valence-corrected chi connectivity index (χ2v) is 14.5. The van der Waals surface area contributed by atoms with Crippen LogP contribution in [0.2, 0.25) is 0 Å². The molecule has 0 atom stereocenters. The molecule has 0 bridgehead atoms. The number of hydrogen-bond acceptors (Lipinski definition) is 7. The first-order chi connectivity index (χ1) is 26.4. The number of hydrogen-bond donors (Lipinski definition) is 0. The zero-order valence-electron chi connectivity index (χ0n) is 30.3. The standard InChI is InChI=1S/C46H34BN4O3.Pt/c1-46(2,3)38-26-27-48-45-44(38)54-47-51(45)41-29-35(24-25-42(41)53-47)52-34-19-12-18-33(28-34)49-30-50(40-23-11-10-22-39(40)49)43-36(31-14-6-4-7-15-31)20-13-21-37(43)32-16-8-5-9-17-32;/h4-27,30H,1-3H3;/q-3;. The van der Waals surface area contributed by atoms with Crippen molar-refractivity contribution in [1.82, 2.24) is 4.98 Å². The summed E-state index contributed by atoms with van der Waals surface area (Å²) >= 11 is 0. The zero-order chi connectivity index (χ0) is 36.4. The molecule has 0 N–H and O–H groups in total. The third kappa shape index (κ3) is 6.02. The van der Waals surface area contributed by atoms with Crippen LogP contribution in [0, 0.1) is 18.8 Å². The zero-order valence-corrected chi connectivity index (χ0v) is 32.6. The van der Waals surface area contributed by atoms with Crippen molar-refractivity contribution < 1.29 is 35.1 Å². The van der Waals surface area contributed by atoms with E-state index in [-0.39, 0.29) is 26.5 Å². The van der Waals surface area contributed by atoms with Gasteiger partial charge in [-0.3, -0.25) is 0 Å². The van der Waals surface area contributed by atoms with Gasteiger partial charge in [0.15, 0.2) is 5.82 Å². The maximum Gasteiger partial charge on any atom is 0.730 e. The Morgan fingerprint density at radius 3 is 1.98 bits per heavy atom. The Kier molecular flexibility index (Phi) is 8.66. The first kappa shape index (κ1) is 34.8. The number of para-hydroxylation sites is 3. The predicted molar refractivity (Wildman–Crippen MR) is 215 cm³/mol. The van der Waals surface area contributed by atoms with E-state index in [1.54, 1.807) is 0 Å². The van der Waals surface area contributed by atoms with Crippen LogP contribution in [0.3, 0.4) is 0 Å². The monoisotopic (exact) mass is 896 g/mol. The van der Waals surface area contributed by atoms with Crippen molar-refractivity contribution in [2.45, 2.75) is 26.2 Å². The van der Waals surface area contributed by atoms with E-state index in [0.29, 0.717) is 23.1 Å². The van der Waals surface area contributed by atoms with Crippen molar-refractivity contribution in [2.75, 3.05) is 14.6 Å². The van der Waals surface area contributed by atoms with E-state index in [2.05, 4.69) is 157 Å². The molecule has 0 fully saturated rings. The van der Waals surface area contributed by atoms with E-state index >= 15 is 0 Å². The third-order valence-corrected chi connectivity index (χ3v) is 9.99. The Labute approximate surface area is 336 Å². The maximum atomic E-state index is 6.46. The minimum Gasteiger partial charge on any atom is -0.568 e. The van der Waals surface area contributed by atoms with Gasteiger partial charge in [0.25, 0.3) is 0 Å². The molecule has 0 saturated carbocycles. The summed E-state index contributed by atoms with van der Waals surface area (Å²) in [5, 5.41) is 0. The van der Waals surface area contributed by atoms with Crippen molar-refractivity contribution in [2.24, 2.45) is 0 Å². The van der Waals surface area contributed by atoms with E-state index < -0.39 is 7.25 Å². The summed E-state index contributed by atoms with van der Waals surface area (Å²) in [7, 11) is -0.643. The number of benzene rings is 6. The Bertz CT molecular complexity index is 2490. The minimum atomic E-state index is -0.643. The molecule has 0 amide bonds. The predicted octanol–water partition coefficient (Wildman–Crippen LogP) is 11.4. The van der Waals surface area contributed by atoms with Gasteiger partial charge in [-0.05, 0) is 40.4 Å². The Hall–Kier alpha value is -5.98. The second kappa shape index (κ2) is 13.7. The van der Waals surface area contributed by atoms with E-state index in [4.69, 9.17) is 14.0 Å². The van der Waals surface area contributed by atoms with Crippen LogP contribution in [0.25, 0.3) is 22.3 Å². The quantitative estimate of drug-likeness (QED) is 0.122. The SMILES string of the molecule is CC(C)(C)c1ccnc2c1OB1Oc3ccc(Oc4[c-]c(N5[CH-]N(c6c(-c7ccccc7)cccc6-c6ccccc6)c6ccccc65)ccc4)[c-]c3N12.[Pt]. The molecule has 6 aromatic carbocycles. The number of fused-ring (bicyclic) bond motifs is 6. The molecule has 3 aliphatic rings. The van der Waals surface area contributed by atoms with Crippen molar-refractivity contribution in [1.29, 1.82) is 0 Å². The normalized spacial score (nSPS) is 13.7. The smallest absolute Gasteiger partial charge is 0.568 e. The van der Waals surface area contributed by atoms with Gasteiger partial charge in [0.1, 0.15) is 5.75 Å². The second-order valence-electron chi connectivity index (χ2n) is 14.5. The van der Waals surface area contributed by atoms with E-state index in [0.717, 1.165) is 62.0 Å². The summed E-state index contributed by atoms with van der Waals surface area (Å²) in [6.45, 7) is 8.63. The molecule has 0 spiro atoms. The molecule has 7 nitrogen and oxygen atoms in total. The molecule has 0 aliphatic carbocycles. The molecule has 55 heavy (non-hydrogen) atoms. The van der Waals surface area contributed by atoms with Crippen LogP contribution in [0.5, 0.6) is 23.0 Å². The van der Waals surface area contributed by atoms with Crippen LogP contribution in [0.1, 0.15) is 26.3 Å². The Morgan fingerprint density at radius 1 is 0.655 bits per heavy atom. The fraction of sp³-hybridized carbons (Fsp3) is 0.0870. The summed E-state index contributed by atoms with van der Waals surface area (Å²) in [5.74, 6) is 3.20. The number of nitrogens with zero attached hydrogens (tertiary/aromatic N) is 4. The molecule has 0 saturated heterocycles. The number of pyridine rings is 1. The summed E-state index contributed by atoms with van der Waals surface area (Å²) in [6.07, 6.45) is 1.82. The van der Waals surface area contributed by atoms with Gasteiger partial charge in [-0.25, -0.2) is 4.98 Å². The van der Waals surface area contributed by atoms with Crippen LogP contribution in [0.4, 0.5) is 34.3 Å². The summed E-state index contributed by atoms with van der Waals surface area (Å²) in [5.41, 5.74) is 10.3. The van der Waals surface area contributed by atoms with E-state index in [1.165, 1.54) is 0 Å². The molecule has 3 aliphatic heterocycles. The molecule has 7 aromatic rings. The van der Waals surface area contributed by atoms with Crippen LogP contribution in [-0.4, -0.2) is 12.2 Å². The number of anilines is 6. The largest absolute Gasteiger partial charge is 0.730 e. The minimum absolute atomic E-state index is 0. The van der Waals surface area contributed by atoms with E-state index in [1.807, 2.05) is 47.4 Å². The first-order valence-electron chi connectivity index (χ1n) is 18.1.